The van der Waals surface area contributed by atoms with Crippen LogP contribution in [0.4, 0.5) is 4.79 Å². The number of amides is 1. The first kappa shape index (κ1) is 14.0. The van der Waals surface area contributed by atoms with Gasteiger partial charge in [-0.3, -0.25) is 0 Å². The fraction of sp³-hybridized carbons (Fsp3) is 0.833. The Hall–Kier alpha value is -1.10. The van der Waals surface area contributed by atoms with E-state index in [9.17, 15) is 9.59 Å². The van der Waals surface area contributed by atoms with Gasteiger partial charge in [-0.1, -0.05) is 0 Å². The van der Waals surface area contributed by atoms with Gasteiger partial charge in [0.15, 0.2) is 0 Å². The summed E-state index contributed by atoms with van der Waals surface area (Å²) in [6.07, 6.45) is 2.01. The molecule has 1 rings (SSSR count). The highest BCUT2D eigenvalue weighted by Crippen LogP contribution is 2.17. The molecular formula is C12H21NO4. The van der Waals surface area contributed by atoms with Crippen LogP contribution >= 0.6 is 0 Å². The lowest BCUT2D eigenvalue weighted by Crippen LogP contribution is -2.46. The molecule has 1 fully saturated rings. The Morgan fingerprint density at radius 1 is 1.53 bits per heavy atom. The average Bonchev–Trinajstić information content (AvgIpc) is 2.24. The van der Waals surface area contributed by atoms with Gasteiger partial charge in [-0.25, -0.2) is 4.79 Å². The van der Waals surface area contributed by atoms with Crippen molar-refractivity contribution >= 4 is 12.4 Å². The summed E-state index contributed by atoms with van der Waals surface area (Å²) in [5, 5.41) is 2.58. The molecule has 1 aliphatic heterocycles. The average molecular weight is 243 g/mol. The van der Waals surface area contributed by atoms with Gasteiger partial charge < -0.3 is 19.6 Å². The van der Waals surface area contributed by atoms with Gasteiger partial charge in [0.25, 0.3) is 0 Å². The minimum Gasteiger partial charge on any atom is -0.444 e. The van der Waals surface area contributed by atoms with Gasteiger partial charge in [0, 0.05) is 12.5 Å². The number of nitrogens with one attached hydrogen (secondary N) is 1. The first-order valence-electron chi connectivity index (χ1n) is 5.95. The van der Waals surface area contributed by atoms with Crippen LogP contribution in [0.1, 0.15) is 33.6 Å². The fourth-order valence-corrected chi connectivity index (χ4v) is 1.76. The van der Waals surface area contributed by atoms with E-state index in [4.69, 9.17) is 9.47 Å². The van der Waals surface area contributed by atoms with Crippen LogP contribution in [-0.4, -0.2) is 37.2 Å². The van der Waals surface area contributed by atoms with Gasteiger partial charge in [0.05, 0.1) is 12.6 Å². The van der Waals surface area contributed by atoms with E-state index >= 15 is 0 Å². The second-order valence-corrected chi connectivity index (χ2v) is 5.29. The van der Waals surface area contributed by atoms with Crippen LogP contribution in [0.2, 0.25) is 0 Å². The maximum absolute atomic E-state index is 11.5. The lowest BCUT2D eigenvalue weighted by Gasteiger charge is -2.28. The van der Waals surface area contributed by atoms with Crippen molar-refractivity contribution in [1.82, 2.24) is 5.32 Å². The molecule has 0 aromatic heterocycles. The Morgan fingerprint density at radius 2 is 2.24 bits per heavy atom. The fourth-order valence-electron chi connectivity index (χ4n) is 1.76. The molecule has 2 atom stereocenters. The highest BCUT2D eigenvalue weighted by molar-refractivity contribution is 5.73. The van der Waals surface area contributed by atoms with E-state index in [0.717, 1.165) is 25.7 Å². The van der Waals surface area contributed by atoms with E-state index in [1.54, 1.807) is 20.8 Å². The Labute approximate surface area is 102 Å². The number of alkyl carbamates (subject to hydrolysis) is 1. The molecule has 0 radical (unpaired) electrons. The van der Waals surface area contributed by atoms with Crippen LogP contribution in [0.5, 0.6) is 0 Å². The molecule has 0 aromatic carbocycles. The van der Waals surface area contributed by atoms with Gasteiger partial charge >= 0.3 is 6.09 Å². The maximum Gasteiger partial charge on any atom is 0.408 e. The number of aldehydes is 1. The first-order chi connectivity index (χ1) is 7.92. The standard InChI is InChI=1S/C12H21NO4/c1-12(2,3)17-11(15)13-10(7-14)9-5-4-6-16-8-9/h7,9-10H,4-6,8H2,1-3H3,(H,13,15)/t9-,10+/m0/s1. The minimum absolute atomic E-state index is 0.0498. The molecular weight excluding hydrogens is 222 g/mol. The molecule has 0 saturated carbocycles. The minimum atomic E-state index is -0.555. The summed E-state index contributed by atoms with van der Waals surface area (Å²) in [6.45, 7) is 6.60. The zero-order chi connectivity index (χ0) is 12.9. The SMILES string of the molecule is CC(C)(C)OC(=O)N[C@H](C=O)[C@H]1CCCOC1. The third-order valence-electron chi connectivity index (χ3n) is 2.53. The number of rotatable bonds is 3. The van der Waals surface area contributed by atoms with Gasteiger partial charge in [0.1, 0.15) is 11.9 Å². The first-order valence-corrected chi connectivity index (χ1v) is 5.95. The molecule has 0 spiro atoms. The number of carbonyl (C=O) groups excluding carboxylic acids is 2. The normalized spacial score (nSPS) is 22.6. The molecule has 5 heteroatoms. The van der Waals surface area contributed by atoms with Crippen molar-refractivity contribution in [2.45, 2.75) is 45.3 Å². The third-order valence-corrected chi connectivity index (χ3v) is 2.53. The zero-order valence-corrected chi connectivity index (χ0v) is 10.7. The number of carbonyl (C=O) groups is 2. The molecule has 0 bridgehead atoms. The topological polar surface area (TPSA) is 64.6 Å². The predicted octanol–water partition coefficient (Wildman–Crippen LogP) is 1.51. The van der Waals surface area contributed by atoms with Crippen LogP contribution in [0.25, 0.3) is 0 Å². The Kier molecular flexibility index (Phi) is 4.93. The van der Waals surface area contributed by atoms with Gasteiger partial charge in [0.2, 0.25) is 0 Å². The van der Waals surface area contributed by atoms with E-state index in [1.165, 1.54) is 0 Å². The molecule has 1 heterocycles. The molecule has 0 aliphatic carbocycles. The number of hydrogen-bond donors (Lipinski definition) is 1. The quantitative estimate of drug-likeness (QED) is 0.763. The lowest BCUT2D eigenvalue weighted by molar-refractivity contribution is -0.112. The summed E-state index contributed by atoms with van der Waals surface area (Å²) in [5.41, 5.74) is -0.555. The Balaban J connectivity index is 2.45. The molecule has 1 saturated heterocycles. The van der Waals surface area contributed by atoms with Crippen LogP contribution in [0.3, 0.4) is 0 Å². The summed E-state index contributed by atoms with van der Waals surface area (Å²) in [5.74, 6) is 0.0498. The largest absolute Gasteiger partial charge is 0.444 e. The smallest absolute Gasteiger partial charge is 0.408 e. The Bertz CT molecular complexity index is 266. The van der Waals surface area contributed by atoms with Crippen LogP contribution in [0.15, 0.2) is 0 Å². The highest BCUT2D eigenvalue weighted by atomic mass is 16.6. The Morgan fingerprint density at radius 3 is 2.71 bits per heavy atom. The van der Waals surface area contributed by atoms with Gasteiger partial charge in [-0.15, -0.1) is 0 Å². The summed E-state index contributed by atoms with van der Waals surface area (Å²) in [7, 11) is 0. The van der Waals surface area contributed by atoms with Gasteiger partial charge in [-0.2, -0.15) is 0 Å². The monoisotopic (exact) mass is 243 g/mol. The van der Waals surface area contributed by atoms with Crippen LogP contribution in [-0.2, 0) is 14.3 Å². The van der Waals surface area contributed by atoms with E-state index in [1.807, 2.05) is 0 Å². The van der Waals surface area contributed by atoms with E-state index in [2.05, 4.69) is 5.32 Å². The van der Waals surface area contributed by atoms with E-state index in [-0.39, 0.29) is 5.92 Å². The predicted molar refractivity (Wildman–Crippen MR) is 62.8 cm³/mol. The van der Waals surface area contributed by atoms with Crippen molar-refractivity contribution in [2.75, 3.05) is 13.2 Å². The van der Waals surface area contributed by atoms with Crippen LogP contribution in [0, 0.1) is 5.92 Å². The summed E-state index contributed by atoms with van der Waals surface area (Å²) >= 11 is 0. The van der Waals surface area contributed by atoms with E-state index < -0.39 is 17.7 Å². The van der Waals surface area contributed by atoms with Crippen molar-refractivity contribution in [3.63, 3.8) is 0 Å². The zero-order valence-electron chi connectivity index (χ0n) is 10.7. The maximum atomic E-state index is 11.5. The molecule has 0 unspecified atom stereocenters. The summed E-state index contributed by atoms with van der Waals surface area (Å²) in [4.78, 5) is 22.5. The second-order valence-electron chi connectivity index (χ2n) is 5.29. The van der Waals surface area contributed by atoms with Crippen molar-refractivity contribution in [2.24, 2.45) is 5.92 Å². The van der Waals surface area contributed by atoms with E-state index in [0.29, 0.717) is 6.61 Å². The van der Waals surface area contributed by atoms with Crippen molar-refractivity contribution in [3.05, 3.63) is 0 Å². The molecule has 5 nitrogen and oxygen atoms in total. The second kappa shape index (κ2) is 6.00. The summed E-state index contributed by atoms with van der Waals surface area (Å²) in [6, 6.07) is -0.523. The highest BCUT2D eigenvalue weighted by Gasteiger charge is 2.27. The molecule has 1 amide bonds. The van der Waals surface area contributed by atoms with Crippen LogP contribution < -0.4 is 5.32 Å². The van der Waals surface area contributed by atoms with Crippen molar-refractivity contribution < 1.29 is 19.1 Å². The molecule has 17 heavy (non-hydrogen) atoms. The summed E-state index contributed by atoms with van der Waals surface area (Å²) < 4.78 is 10.4. The number of ether oxygens (including phenoxy) is 2. The molecule has 0 aromatic rings. The molecule has 1 N–H and O–H groups in total. The van der Waals surface area contributed by atoms with Crippen molar-refractivity contribution in [1.29, 1.82) is 0 Å². The molecule has 98 valence electrons. The number of hydrogen-bond acceptors (Lipinski definition) is 4. The van der Waals surface area contributed by atoms with Gasteiger partial charge in [-0.05, 0) is 33.6 Å². The van der Waals surface area contributed by atoms with Crippen molar-refractivity contribution in [3.8, 4) is 0 Å². The molecule has 1 aliphatic rings. The lowest BCUT2D eigenvalue weighted by atomic mass is 9.95. The third kappa shape index (κ3) is 5.17.